The molecule has 7 nitrogen and oxygen atoms in total. The maximum Gasteiger partial charge on any atom is 0.317 e. The van der Waals surface area contributed by atoms with Crippen LogP contribution >= 0.6 is 0 Å². The van der Waals surface area contributed by atoms with Gasteiger partial charge in [0.05, 0.1) is 13.2 Å². The van der Waals surface area contributed by atoms with Gasteiger partial charge in [-0.3, -0.25) is 4.79 Å². The van der Waals surface area contributed by atoms with E-state index < -0.39 is 0 Å². The van der Waals surface area contributed by atoms with Crippen molar-refractivity contribution in [3.05, 3.63) is 29.8 Å². The molecule has 1 aromatic carbocycles. The summed E-state index contributed by atoms with van der Waals surface area (Å²) in [6, 6.07) is 8.19. The first-order valence-corrected chi connectivity index (χ1v) is 8.87. The lowest BCUT2D eigenvalue weighted by atomic mass is 9.96. The molecule has 25 heavy (non-hydrogen) atoms. The first-order valence-electron chi connectivity index (χ1n) is 8.87. The third-order valence-corrected chi connectivity index (χ3v) is 4.94. The highest BCUT2D eigenvalue weighted by atomic mass is 16.5. The second-order valence-electron chi connectivity index (χ2n) is 6.59. The Kier molecular flexibility index (Phi) is 5.75. The molecule has 1 aromatic rings. The van der Waals surface area contributed by atoms with Gasteiger partial charge in [-0.15, -0.1) is 0 Å². The fourth-order valence-electron chi connectivity index (χ4n) is 3.30. The Balaban J connectivity index is 1.45. The fraction of sp³-hybridized carbons (Fsp3) is 0.556. The van der Waals surface area contributed by atoms with Gasteiger partial charge in [0, 0.05) is 44.3 Å². The van der Waals surface area contributed by atoms with Crippen molar-refractivity contribution in [2.75, 3.05) is 44.3 Å². The van der Waals surface area contributed by atoms with E-state index in [1.807, 2.05) is 12.1 Å². The van der Waals surface area contributed by atoms with Crippen molar-refractivity contribution in [3.63, 3.8) is 0 Å². The van der Waals surface area contributed by atoms with Crippen molar-refractivity contribution in [1.29, 1.82) is 0 Å². The Hall–Kier alpha value is -2.28. The van der Waals surface area contributed by atoms with Gasteiger partial charge in [-0.05, 0) is 30.5 Å². The summed E-state index contributed by atoms with van der Waals surface area (Å²) in [5, 5.41) is 2.95. The largest absolute Gasteiger partial charge is 0.378 e. The number of nitrogens with one attached hydrogen (secondary N) is 1. The monoisotopic (exact) mass is 346 g/mol. The van der Waals surface area contributed by atoms with Crippen LogP contribution in [0.5, 0.6) is 0 Å². The molecule has 0 aliphatic carbocycles. The summed E-state index contributed by atoms with van der Waals surface area (Å²) >= 11 is 0. The number of ether oxygens (including phenoxy) is 1. The van der Waals surface area contributed by atoms with E-state index >= 15 is 0 Å². The molecule has 0 bridgehead atoms. The summed E-state index contributed by atoms with van der Waals surface area (Å²) in [6.45, 7) is 5.02. The second-order valence-corrected chi connectivity index (χ2v) is 6.59. The number of primary amides is 1. The summed E-state index contributed by atoms with van der Waals surface area (Å²) in [7, 11) is 0. The number of nitrogens with two attached hydrogens (primary N) is 1. The van der Waals surface area contributed by atoms with E-state index in [1.54, 1.807) is 4.90 Å². The van der Waals surface area contributed by atoms with Crippen LogP contribution < -0.4 is 16.0 Å². The Morgan fingerprint density at radius 2 is 1.72 bits per heavy atom. The van der Waals surface area contributed by atoms with Crippen LogP contribution in [-0.2, 0) is 16.1 Å². The van der Waals surface area contributed by atoms with E-state index in [0.29, 0.717) is 32.5 Å². The van der Waals surface area contributed by atoms with E-state index in [9.17, 15) is 9.59 Å². The molecule has 3 rings (SSSR count). The van der Waals surface area contributed by atoms with Crippen LogP contribution in [0.25, 0.3) is 0 Å². The molecule has 0 atom stereocenters. The molecule has 0 aromatic heterocycles. The summed E-state index contributed by atoms with van der Waals surface area (Å²) in [6.07, 6.45) is 1.30. The zero-order chi connectivity index (χ0) is 17.6. The number of amides is 3. The first kappa shape index (κ1) is 17.5. The summed E-state index contributed by atoms with van der Waals surface area (Å²) < 4.78 is 5.37. The Morgan fingerprint density at radius 1 is 1.08 bits per heavy atom. The molecule has 2 fully saturated rings. The number of piperidine rings is 1. The third-order valence-electron chi connectivity index (χ3n) is 4.94. The lowest BCUT2D eigenvalue weighted by Gasteiger charge is -2.30. The molecule has 2 heterocycles. The van der Waals surface area contributed by atoms with Gasteiger partial charge in [0.2, 0.25) is 5.91 Å². The summed E-state index contributed by atoms with van der Waals surface area (Å²) in [5.41, 5.74) is 7.58. The van der Waals surface area contributed by atoms with Crippen LogP contribution in [0.15, 0.2) is 24.3 Å². The second kappa shape index (κ2) is 8.20. The molecule has 136 valence electrons. The summed E-state index contributed by atoms with van der Waals surface area (Å²) in [5.74, 6) is -0.364. The Labute approximate surface area is 148 Å². The van der Waals surface area contributed by atoms with E-state index in [-0.39, 0.29) is 17.9 Å². The predicted molar refractivity (Wildman–Crippen MR) is 95.2 cm³/mol. The van der Waals surface area contributed by atoms with Gasteiger partial charge in [-0.1, -0.05) is 12.1 Å². The minimum absolute atomic E-state index is 0.0832. The van der Waals surface area contributed by atoms with E-state index in [4.69, 9.17) is 10.5 Å². The lowest BCUT2D eigenvalue weighted by Crippen LogP contribution is -2.46. The predicted octanol–water partition coefficient (Wildman–Crippen LogP) is 0.930. The van der Waals surface area contributed by atoms with Crippen molar-refractivity contribution < 1.29 is 14.3 Å². The van der Waals surface area contributed by atoms with E-state index in [0.717, 1.165) is 31.9 Å². The molecule has 0 unspecified atom stereocenters. The lowest BCUT2D eigenvalue weighted by molar-refractivity contribution is -0.123. The number of anilines is 1. The fourth-order valence-corrected chi connectivity index (χ4v) is 3.30. The molecule has 2 saturated heterocycles. The first-order chi connectivity index (χ1) is 12.1. The number of hydrogen-bond donors (Lipinski definition) is 2. The van der Waals surface area contributed by atoms with E-state index in [1.165, 1.54) is 5.69 Å². The molecule has 0 spiro atoms. The number of urea groups is 1. The highest BCUT2D eigenvalue weighted by molar-refractivity contribution is 5.78. The SMILES string of the molecule is NC(=O)C1CCN(C(=O)NCc2ccc(N3CCOCC3)cc2)CC1. The van der Waals surface area contributed by atoms with Crippen molar-refractivity contribution in [2.45, 2.75) is 19.4 Å². The van der Waals surface area contributed by atoms with Crippen LogP contribution in [0.3, 0.4) is 0 Å². The number of rotatable bonds is 4. The van der Waals surface area contributed by atoms with Gasteiger partial charge in [0.25, 0.3) is 0 Å². The number of likely N-dealkylation sites (tertiary alicyclic amines) is 1. The number of carbonyl (C=O) groups is 2. The topological polar surface area (TPSA) is 87.9 Å². The molecule has 3 N–H and O–H groups in total. The van der Waals surface area contributed by atoms with Crippen LogP contribution in [0, 0.1) is 5.92 Å². The number of hydrogen-bond acceptors (Lipinski definition) is 4. The van der Waals surface area contributed by atoms with Crippen molar-refractivity contribution in [1.82, 2.24) is 10.2 Å². The van der Waals surface area contributed by atoms with Gasteiger partial charge in [-0.25, -0.2) is 4.79 Å². The van der Waals surface area contributed by atoms with Gasteiger partial charge >= 0.3 is 6.03 Å². The minimum atomic E-state index is -0.264. The highest BCUT2D eigenvalue weighted by Gasteiger charge is 2.25. The number of benzene rings is 1. The van der Waals surface area contributed by atoms with Gasteiger partial charge < -0.3 is 25.6 Å². The van der Waals surface area contributed by atoms with Crippen LogP contribution in [0.1, 0.15) is 18.4 Å². The normalized spacial score (nSPS) is 18.9. The summed E-state index contributed by atoms with van der Waals surface area (Å²) in [4.78, 5) is 27.5. The smallest absolute Gasteiger partial charge is 0.317 e. The number of morpholine rings is 1. The van der Waals surface area contributed by atoms with Gasteiger partial charge in [0.1, 0.15) is 0 Å². The number of nitrogens with zero attached hydrogens (tertiary/aromatic N) is 2. The molecule has 3 amide bonds. The maximum absolute atomic E-state index is 12.2. The van der Waals surface area contributed by atoms with Crippen molar-refractivity contribution in [3.8, 4) is 0 Å². The van der Waals surface area contributed by atoms with Crippen LogP contribution in [-0.4, -0.2) is 56.2 Å². The molecule has 0 saturated carbocycles. The minimum Gasteiger partial charge on any atom is -0.378 e. The van der Waals surface area contributed by atoms with E-state index in [2.05, 4.69) is 22.3 Å². The Bertz CT molecular complexity index is 591. The zero-order valence-corrected chi connectivity index (χ0v) is 14.4. The molecular formula is C18H26N4O3. The quantitative estimate of drug-likeness (QED) is 0.849. The average Bonchev–Trinajstić information content (AvgIpc) is 2.67. The molecule has 7 heteroatoms. The molecule has 2 aliphatic heterocycles. The molecular weight excluding hydrogens is 320 g/mol. The molecule has 0 radical (unpaired) electrons. The van der Waals surface area contributed by atoms with Crippen molar-refractivity contribution >= 4 is 17.6 Å². The zero-order valence-electron chi connectivity index (χ0n) is 14.4. The molecule has 2 aliphatic rings. The van der Waals surface area contributed by atoms with Gasteiger partial charge in [0.15, 0.2) is 0 Å². The third kappa shape index (κ3) is 4.63. The highest BCUT2D eigenvalue weighted by Crippen LogP contribution is 2.18. The van der Waals surface area contributed by atoms with Crippen molar-refractivity contribution in [2.24, 2.45) is 11.7 Å². The van der Waals surface area contributed by atoms with Gasteiger partial charge in [-0.2, -0.15) is 0 Å². The standard InChI is InChI=1S/C18H26N4O3/c19-17(23)15-5-7-22(8-6-15)18(24)20-13-14-1-3-16(4-2-14)21-9-11-25-12-10-21/h1-4,15H,5-13H2,(H2,19,23)(H,20,24). The number of carbonyl (C=O) groups excluding carboxylic acids is 2. The Morgan fingerprint density at radius 3 is 2.32 bits per heavy atom. The van der Waals surface area contributed by atoms with Crippen LogP contribution in [0.4, 0.5) is 10.5 Å². The van der Waals surface area contributed by atoms with Crippen LogP contribution in [0.2, 0.25) is 0 Å². The average molecular weight is 346 g/mol. The maximum atomic E-state index is 12.2.